The molecule has 0 aliphatic carbocycles. The molecule has 5 aromatic rings. The van der Waals surface area contributed by atoms with Gasteiger partial charge < -0.3 is 11.5 Å². The first-order valence-corrected chi connectivity index (χ1v) is 13.5. The van der Waals surface area contributed by atoms with Gasteiger partial charge in [-0.3, -0.25) is 9.52 Å². The van der Waals surface area contributed by atoms with Gasteiger partial charge in [0.05, 0.1) is 10.6 Å². The maximum absolute atomic E-state index is 13.4. The SMILES string of the molecule is N#Cc1c(N)nc2sc(C(=O)c3ccc(S(=O)(=O)Nc4ccccn4)cc3)c(N)c2c1-c1cccs1. The van der Waals surface area contributed by atoms with Crippen molar-refractivity contribution in [3.63, 3.8) is 0 Å². The fourth-order valence-corrected chi connectivity index (χ4v) is 6.52. The number of anilines is 3. The fraction of sp³-hybridized carbons (Fsp3) is 0. The summed E-state index contributed by atoms with van der Waals surface area (Å²) in [4.78, 5) is 23.1. The molecule has 4 heterocycles. The van der Waals surface area contributed by atoms with Crippen LogP contribution in [-0.2, 0) is 10.0 Å². The third kappa shape index (κ3) is 4.05. The molecule has 178 valence electrons. The number of sulfonamides is 1. The van der Waals surface area contributed by atoms with E-state index in [2.05, 4.69) is 20.8 Å². The molecule has 5 N–H and O–H groups in total. The lowest BCUT2D eigenvalue weighted by Crippen LogP contribution is -2.14. The van der Waals surface area contributed by atoms with Gasteiger partial charge in [-0.15, -0.1) is 22.7 Å². The highest BCUT2D eigenvalue weighted by Gasteiger charge is 2.25. The Bertz CT molecular complexity index is 1760. The minimum absolute atomic E-state index is 0.0258. The summed E-state index contributed by atoms with van der Waals surface area (Å²) in [6, 6.07) is 16.2. The van der Waals surface area contributed by atoms with Gasteiger partial charge in [0.2, 0.25) is 5.78 Å². The largest absolute Gasteiger partial charge is 0.397 e. The van der Waals surface area contributed by atoms with Gasteiger partial charge in [0.15, 0.2) is 0 Å². The van der Waals surface area contributed by atoms with Crippen LogP contribution in [0.1, 0.15) is 20.8 Å². The Morgan fingerprint density at radius 1 is 1.06 bits per heavy atom. The van der Waals surface area contributed by atoms with Crippen LogP contribution in [0.2, 0.25) is 0 Å². The van der Waals surface area contributed by atoms with Crippen LogP contribution >= 0.6 is 22.7 Å². The molecule has 12 heteroatoms. The quantitative estimate of drug-likeness (QED) is 0.269. The average Bonchev–Trinajstić information content (AvgIpc) is 3.52. The molecule has 0 saturated carbocycles. The number of hydrogen-bond donors (Lipinski definition) is 3. The van der Waals surface area contributed by atoms with Gasteiger partial charge in [-0.2, -0.15) is 5.26 Å². The van der Waals surface area contributed by atoms with E-state index in [0.29, 0.717) is 15.8 Å². The van der Waals surface area contributed by atoms with Crippen molar-refractivity contribution in [1.29, 1.82) is 5.26 Å². The lowest BCUT2D eigenvalue weighted by molar-refractivity contribution is 0.104. The molecular formula is C24H16N6O3S3. The molecule has 1 aromatic carbocycles. The molecule has 0 spiro atoms. The lowest BCUT2D eigenvalue weighted by atomic mass is 10.0. The minimum atomic E-state index is -3.89. The molecule has 5 rings (SSSR count). The molecule has 0 aliphatic heterocycles. The van der Waals surface area contributed by atoms with Crippen LogP contribution in [0, 0.1) is 11.3 Å². The number of benzene rings is 1. The number of nitrogens with two attached hydrogens (primary N) is 2. The number of aromatic nitrogens is 2. The number of fused-ring (bicyclic) bond motifs is 1. The Balaban J connectivity index is 1.53. The van der Waals surface area contributed by atoms with E-state index >= 15 is 0 Å². The van der Waals surface area contributed by atoms with Gasteiger partial charge >= 0.3 is 0 Å². The standard InChI is InChI=1S/C24H16N6O3S3/c25-12-15-18(16-4-3-11-34-16)19-20(26)22(35-24(19)29-23(15)27)21(31)13-6-8-14(9-7-13)36(32,33)30-17-5-1-2-10-28-17/h1-11H,26H2,(H2,27,29)(H,28,30). The number of carbonyl (C=O) groups is 1. The Morgan fingerprint density at radius 3 is 2.47 bits per heavy atom. The maximum Gasteiger partial charge on any atom is 0.263 e. The predicted octanol–water partition coefficient (Wildman–Crippen LogP) is 4.49. The molecule has 36 heavy (non-hydrogen) atoms. The normalized spacial score (nSPS) is 11.3. The number of thiophene rings is 2. The number of nitrogens with one attached hydrogen (secondary N) is 1. The van der Waals surface area contributed by atoms with E-state index in [9.17, 15) is 18.5 Å². The number of nitriles is 1. The second-order valence-electron chi connectivity index (χ2n) is 7.54. The smallest absolute Gasteiger partial charge is 0.263 e. The first kappa shape index (κ1) is 23.4. The molecule has 0 radical (unpaired) electrons. The number of rotatable bonds is 6. The molecule has 0 bridgehead atoms. The zero-order valence-electron chi connectivity index (χ0n) is 18.3. The van der Waals surface area contributed by atoms with E-state index < -0.39 is 15.8 Å². The second-order valence-corrected chi connectivity index (χ2v) is 11.2. The van der Waals surface area contributed by atoms with E-state index in [1.165, 1.54) is 47.9 Å². The summed E-state index contributed by atoms with van der Waals surface area (Å²) in [6.07, 6.45) is 1.47. The zero-order chi connectivity index (χ0) is 25.4. The number of nitrogens with zero attached hydrogens (tertiary/aromatic N) is 3. The van der Waals surface area contributed by atoms with Crippen molar-refractivity contribution in [2.75, 3.05) is 16.2 Å². The number of ketones is 1. The maximum atomic E-state index is 13.4. The first-order chi connectivity index (χ1) is 17.3. The molecule has 0 fully saturated rings. The zero-order valence-corrected chi connectivity index (χ0v) is 20.7. The first-order valence-electron chi connectivity index (χ1n) is 10.3. The van der Waals surface area contributed by atoms with Crippen LogP contribution in [-0.4, -0.2) is 24.2 Å². The van der Waals surface area contributed by atoms with Crippen molar-refractivity contribution < 1.29 is 13.2 Å². The van der Waals surface area contributed by atoms with Crippen molar-refractivity contribution in [2.45, 2.75) is 4.90 Å². The van der Waals surface area contributed by atoms with Crippen molar-refractivity contribution in [1.82, 2.24) is 9.97 Å². The van der Waals surface area contributed by atoms with Crippen LogP contribution < -0.4 is 16.2 Å². The second kappa shape index (κ2) is 9.04. The number of pyridine rings is 2. The van der Waals surface area contributed by atoms with Gasteiger partial charge in [0.25, 0.3) is 10.0 Å². The average molecular weight is 533 g/mol. The van der Waals surface area contributed by atoms with Crippen molar-refractivity contribution >= 4 is 66.0 Å². The monoisotopic (exact) mass is 532 g/mol. The van der Waals surface area contributed by atoms with E-state index in [4.69, 9.17) is 11.5 Å². The topological polar surface area (TPSA) is 165 Å². The third-order valence-electron chi connectivity index (χ3n) is 5.32. The van der Waals surface area contributed by atoms with Crippen LogP contribution in [0.15, 0.2) is 71.1 Å². The van der Waals surface area contributed by atoms with E-state index in [-0.39, 0.29) is 38.2 Å². The Hall–Kier alpha value is -4.31. The van der Waals surface area contributed by atoms with Gasteiger partial charge in [-0.1, -0.05) is 12.1 Å². The summed E-state index contributed by atoms with van der Waals surface area (Å²) >= 11 is 2.49. The highest BCUT2D eigenvalue weighted by atomic mass is 32.2. The molecule has 0 aliphatic rings. The summed E-state index contributed by atoms with van der Waals surface area (Å²) in [5.74, 6) is -0.157. The predicted molar refractivity (Wildman–Crippen MR) is 141 cm³/mol. The molecule has 0 saturated heterocycles. The van der Waals surface area contributed by atoms with Gasteiger partial charge in [-0.25, -0.2) is 18.4 Å². The highest BCUT2D eigenvalue weighted by molar-refractivity contribution is 7.92. The molecule has 9 nitrogen and oxygen atoms in total. The Morgan fingerprint density at radius 2 is 1.83 bits per heavy atom. The molecule has 0 atom stereocenters. The minimum Gasteiger partial charge on any atom is -0.397 e. The summed E-state index contributed by atoms with van der Waals surface area (Å²) in [7, 11) is -3.89. The van der Waals surface area contributed by atoms with Crippen LogP contribution in [0.3, 0.4) is 0 Å². The lowest BCUT2D eigenvalue weighted by Gasteiger charge is -2.08. The van der Waals surface area contributed by atoms with Crippen molar-refractivity contribution in [3.8, 4) is 16.5 Å². The van der Waals surface area contributed by atoms with E-state index in [1.54, 1.807) is 12.1 Å². The van der Waals surface area contributed by atoms with Gasteiger partial charge in [0, 0.05) is 27.6 Å². The fourth-order valence-electron chi connectivity index (χ4n) is 3.66. The van der Waals surface area contributed by atoms with Crippen LogP contribution in [0.4, 0.5) is 17.3 Å². The molecule has 0 unspecified atom stereocenters. The van der Waals surface area contributed by atoms with Crippen molar-refractivity contribution in [3.05, 3.63) is 82.2 Å². The summed E-state index contributed by atoms with van der Waals surface area (Å²) in [6.45, 7) is 0. The number of carbonyl (C=O) groups excluding carboxylic acids is 1. The van der Waals surface area contributed by atoms with E-state index in [1.807, 2.05) is 17.5 Å². The highest BCUT2D eigenvalue weighted by Crippen LogP contribution is 2.44. The number of hydrogen-bond acceptors (Lipinski definition) is 10. The van der Waals surface area contributed by atoms with Crippen LogP contribution in [0.5, 0.6) is 0 Å². The van der Waals surface area contributed by atoms with Gasteiger partial charge in [0.1, 0.15) is 33.0 Å². The molecule has 0 amide bonds. The molecular weight excluding hydrogens is 517 g/mol. The third-order valence-corrected chi connectivity index (χ3v) is 8.68. The number of nitrogen functional groups attached to an aromatic ring is 2. The Kier molecular flexibility index (Phi) is 5.89. The summed E-state index contributed by atoms with van der Waals surface area (Å²) < 4.78 is 27.7. The summed E-state index contributed by atoms with van der Waals surface area (Å²) in [5.41, 5.74) is 13.7. The van der Waals surface area contributed by atoms with Crippen LogP contribution in [0.25, 0.3) is 20.7 Å². The summed E-state index contributed by atoms with van der Waals surface area (Å²) in [5, 5.41) is 12.1. The molecule has 4 aromatic heterocycles. The van der Waals surface area contributed by atoms with Crippen molar-refractivity contribution in [2.24, 2.45) is 0 Å². The Labute approximate surface area is 213 Å². The van der Waals surface area contributed by atoms with Gasteiger partial charge in [-0.05, 0) is 47.8 Å². The van der Waals surface area contributed by atoms with E-state index in [0.717, 1.165) is 16.2 Å².